The van der Waals surface area contributed by atoms with E-state index in [1.165, 1.54) is 0 Å². The van der Waals surface area contributed by atoms with E-state index in [4.69, 9.17) is 0 Å². The van der Waals surface area contributed by atoms with Gasteiger partial charge in [-0.15, -0.1) is 0 Å². The number of carbonyl (C=O) groups excluding carboxylic acids is 1. The maximum atomic E-state index is 10.4. The number of anilines is 1. The van der Waals surface area contributed by atoms with Gasteiger partial charge in [-0.05, 0) is 25.0 Å². The highest BCUT2D eigenvalue weighted by Gasteiger charge is 2.19. The van der Waals surface area contributed by atoms with Gasteiger partial charge in [-0.25, -0.2) is 4.98 Å². The van der Waals surface area contributed by atoms with Crippen molar-refractivity contribution in [2.45, 2.75) is 12.8 Å². The summed E-state index contributed by atoms with van der Waals surface area (Å²) in [6.45, 7) is 1.83. The molecular formula is C11H13N2O. The fraction of sp³-hybridized carbons (Fsp3) is 0.455. The first-order valence-corrected chi connectivity index (χ1v) is 4.94. The first kappa shape index (κ1) is 9.19. The summed E-state index contributed by atoms with van der Waals surface area (Å²) in [5.74, 6) is 1.15. The van der Waals surface area contributed by atoms with Crippen LogP contribution in [-0.2, 0) is 4.79 Å². The molecule has 1 fully saturated rings. The lowest BCUT2D eigenvalue weighted by molar-refractivity contribution is 0.456. The zero-order valence-electron chi connectivity index (χ0n) is 8.02. The van der Waals surface area contributed by atoms with Gasteiger partial charge in [0, 0.05) is 25.2 Å². The van der Waals surface area contributed by atoms with E-state index in [2.05, 4.69) is 16.2 Å². The second-order valence-corrected chi connectivity index (χ2v) is 3.57. The molecule has 1 aromatic rings. The number of rotatable bonds is 2. The van der Waals surface area contributed by atoms with Crippen LogP contribution >= 0.6 is 0 Å². The van der Waals surface area contributed by atoms with Gasteiger partial charge in [0.1, 0.15) is 5.82 Å². The first-order chi connectivity index (χ1) is 6.90. The van der Waals surface area contributed by atoms with Crippen molar-refractivity contribution in [1.29, 1.82) is 0 Å². The largest absolute Gasteiger partial charge is 0.357 e. The van der Waals surface area contributed by atoms with Crippen LogP contribution in [0.25, 0.3) is 0 Å². The molecule has 3 nitrogen and oxygen atoms in total. The van der Waals surface area contributed by atoms with Crippen LogP contribution in [0.4, 0.5) is 5.82 Å². The fourth-order valence-corrected chi connectivity index (χ4v) is 1.77. The molecule has 0 N–H and O–H groups in total. The highest BCUT2D eigenvalue weighted by atomic mass is 16.1. The molecule has 1 aliphatic rings. The van der Waals surface area contributed by atoms with Crippen LogP contribution < -0.4 is 4.90 Å². The lowest BCUT2D eigenvalue weighted by Crippen LogP contribution is -2.34. The number of nitrogens with zero attached hydrogens (tertiary/aromatic N) is 2. The summed E-state index contributed by atoms with van der Waals surface area (Å²) in [7, 11) is 0. The molecule has 0 saturated carbocycles. The van der Waals surface area contributed by atoms with Crippen LogP contribution in [0.15, 0.2) is 24.4 Å². The highest BCUT2D eigenvalue weighted by Crippen LogP contribution is 2.19. The first-order valence-electron chi connectivity index (χ1n) is 4.94. The second kappa shape index (κ2) is 4.22. The molecule has 1 radical (unpaired) electrons. The van der Waals surface area contributed by atoms with Crippen LogP contribution in [0.1, 0.15) is 12.8 Å². The zero-order chi connectivity index (χ0) is 9.80. The SMILES string of the molecule is O=[C]C1CCN(c2ccccn2)CC1. The summed E-state index contributed by atoms with van der Waals surface area (Å²) >= 11 is 0. The average molecular weight is 189 g/mol. The van der Waals surface area contributed by atoms with E-state index < -0.39 is 0 Å². The van der Waals surface area contributed by atoms with Gasteiger partial charge in [-0.3, -0.25) is 4.79 Å². The zero-order valence-corrected chi connectivity index (χ0v) is 8.02. The molecule has 0 aliphatic carbocycles. The van der Waals surface area contributed by atoms with Crippen LogP contribution in [0.3, 0.4) is 0 Å². The molecule has 0 aromatic carbocycles. The predicted molar refractivity (Wildman–Crippen MR) is 54.9 cm³/mol. The third-order valence-electron chi connectivity index (χ3n) is 2.63. The maximum absolute atomic E-state index is 10.4. The lowest BCUT2D eigenvalue weighted by atomic mass is 9.99. The summed E-state index contributed by atoms with van der Waals surface area (Å²) in [5.41, 5.74) is 0. The number of hydrogen-bond donors (Lipinski definition) is 0. The van der Waals surface area contributed by atoms with Gasteiger partial charge < -0.3 is 4.90 Å². The Balaban J connectivity index is 1.99. The number of aromatic nitrogens is 1. The van der Waals surface area contributed by atoms with Crippen molar-refractivity contribution >= 4 is 12.1 Å². The minimum atomic E-state index is 0.134. The molecule has 0 amide bonds. The molecule has 0 atom stereocenters. The molecule has 1 aliphatic heterocycles. The Morgan fingerprint density at radius 2 is 2.14 bits per heavy atom. The molecule has 2 rings (SSSR count). The van der Waals surface area contributed by atoms with Crippen LogP contribution in [0.5, 0.6) is 0 Å². The van der Waals surface area contributed by atoms with Crippen molar-refractivity contribution in [3.05, 3.63) is 24.4 Å². The van der Waals surface area contributed by atoms with E-state index in [1.807, 2.05) is 18.2 Å². The topological polar surface area (TPSA) is 33.2 Å². The highest BCUT2D eigenvalue weighted by molar-refractivity contribution is 5.55. The minimum Gasteiger partial charge on any atom is -0.357 e. The second-order valence-electron chi connectivity index (χ2n) is 3.57. The van der Waals surface area contributed by atoms with Gasteiger partial charge in [-0.2, -0.15) is 0 Å². The van der Waals surface area contributed by atoms with E-state index in [9.17, 15) is 4.79 Å². The summed E-state index contributed by atoms with van der Waals surface area (Å²) in [5, 5.41) is 0. The summed E-state index contributed by atoms with van der Waals surface area (Å²) in [4.78, 5) is 16.9. The van der Waals surface area contributed by atoms with E-state index in [0.29, 0.717) is 0 Å². The smallest absolute Gasteiger partial charge is 0.201 e. The van der Waals surface area contributed by atoms with Gasteiger partial charge in [0.2, 0.25) is 6.29 Å². The maximum Gasteiger partial charge on any atom is 0.201 e. The third-order valence-corrected chi connectivity index (χ3v) is 2.63. The van der Waals surface area contributed by atoms with Crippen molar-refractivity contribution < 1.29 is 4.79 Å². The molecule has 1 aromatic heterocycles. The Morgan fingerprint density at radius 3 is 2.71 bits per heavy atom. The number of piperidine rings is 1. The van der Waals surface area contributed by atoms with Crippen molar-refractivity contribution in [2.75, 3.05) is 18.0 Å². The standard InChI is InChI=1S/C11H13N2O/c14-9-10-4-7-13(8-5-10)11-3-1-2-6-12-11/h1-3,6,10H,4-5,7-8H2. The lowest BCUT2D eigenvalue weighted by Gasteiger charge is -2.30. The van der Waals surface area contributed by atoms with Gasteiger partial charge in [0.15, 0.2) is 0 Å². The van der Waals surface area contributed by atoms with E-state index >= 15 is 0 Å². The Kier molecular flexibility index (Phi) is 2.77. The molecule has 0 bridgehead atoms. The normalized spacial score (nSPS) is 18.1. The van der Waals surface area contributed by atoms with Gasteiger partial charge in [0.05, 0.1) is 0 Å². The van der Waals surface area contributed by atoms with E-state index in [-0.39, 0.29) is 5.92 Å². The molecule has 73 valence electrons. The van der Waals surface area contributed by atoms with Crippen LogP contribution in [0, 0.1) is 5.92 Å². The molecule has 2 heterocycles. The molecule has 1 saturated heterocycles. The predicted octanol–water partition coefficient (Wildman–Crippen LogP) is 1.41. The van der Waals surface area contributed by atoms with Gasteiger partial charge in [-0.1, -0.05) is 6.07 Å². The van der Waals surface area contributed by atoms with Crippen molar-refractivity contribution in [1.82, 2.24) is 4.98 Å². The van der Waals surface area contributed by atoms with Gasteiger partial charge in [0.25, 0.3) is 0 Å². The molecule has 0 spiro atoms. The van der Waals surface area contributed by atoms with Crippen molar-refractivity contribution in [3.63, 3.8) is 0 Å². The van der Waals surface area contributed by atoms with Crippen molar-refractivity contribution in [2.24, 2.45) is 5.92 Å². The fourth-order valence-electron chi connectivity index (χ4n) is 1.77. The average Bonchev–Trinajstić information content (AvgIpc) is 2.30. The van der Waals surface area contributed by atoms with Crippen molar-refractivity contribution in [3.8, 4) is 0 Å². The van der Waals surface area contributed by atoms with Crippen LogP contribution in [-0.4, -0.2) is 24.4 Å². The third kappa shape index (κ3) is 1.92. The van der Waals surface area contributed by atoms with Crippen LogP contribution in [0.2, 0.25) is 0 Å². The van der Waals surface area contributed by atoms with E-state index in [1.54, 1.807) is 6.20 Å². The van der Waals surface area contributed by atoms with E-state index in [0.717, 1.165) is 31.7 Å². The summed E-state index contributed by atoms with van der Waals surface area (Å²) < 4.78 is 0. The quantitative estimate of drug-likeness (QED) is 0.705. The monoisotopic (exact) mass is 189 g/mol. The Bertz CT molecular complexity index is 291. The molecule has 3 heteroatoms. The molecule has 0 unspecified atom stereocenters. The number of hydrogen-bond acceptors (Lipinski definition) is 3. The molecular weight excluding hydrogens is 176 g/mol. The summed E-state index contributed by atoms with van der Waals surface area (Å²) in [6.07, 6.45) is 5.68. The Labute approximate surface area is 83.8 Å². The minimum absolute atomic E-state index is 0.134. The Morgan fingerprint density at radius 1 is 1.36 bits per heavy atom. The number of pyridine rings is 1. The summed E-state index contributed by atoms with van der Waals surface area (Å²) in [6, 6.07) is 5.90. The molecule has 14 heavy (non-hydrogen) atoms. The van der Waals surface area contributed by atoms with Gasteiger partial charge >= 0.3 is 0 Å². The Hall–Kier alpha value is -1.38.